The predicted molar refractivity (Wildman–Crippen MR) is 138 cm³/mol. The highest BCUT2D eigenvalue weighted by Gasteiger charge is 2.76. The van der Waals surface area contributed by atoms with Crippen molar-refractivity contribution < 1.29 is 17.8 Å². The second kappa shape index (κ2) is 8.17. The second-order valence-electron chi connectivity index (χ2n) is 11.9. The lowest BCUT2D eigenvalue weighted by molar-refractivity contribution is -0.131. The number of hydrogen-bond acceptors (Lipinski definition) is 8. The minimum atomic E-state index is -2.86. The second-order valence-corrected chi connectivity index (χ2v) is 20.8. The Hall–Kier alpha value is -1.67. The fourth-order valence-electron chi connectivity index (χ4n) is 6.68. The number of carbonyl (C=O) groups is 1. The Bertz CT molecular complexity index is 1140. The third kappa shape index (κ3) is 3.34. The Balaban J connectivity index is 1.62. The molecule has 2 aromatic rings. The first-order valence-corrected chi connectivity index (χ1v) is 16.8. The summed E-state index contributed by atoms with van der Waals surface area (Å²) in [5.41, 5.74) is 7.71. The van der Waals surface area contributed by atoms with Crippen LogP contribution in [0.2, 0.25) is 22.2 Å². The van der Waals surface area contributed by atoms with E-state index < -0.39 is 29.3 Å². The van der Waals surface area contributed by atoms with Crippen LogP contribution in [0.1, 0.15) is 67.9 Å². The van der Waals surface area contributed by atoms with Crippen molar-refractivity contribution in [2.24, 2.45) is 11.3 Å². The molecular weight excluding hydrogens is 478 g/mol. The standard InChI is InChI=1S/C24H39N5O4Si2/c1-13(2)34(14(3)4)31-10-24-9-17(24)19(29-12-28-18-22(25)26-11-27-23(18)29)20(30)21(24)32-35(33-34,15(5)6)16(7)8/h11-17,19,21H,9-10H2,1-8H3,(H2,25,26,27)/t17?,19-,21?,24+/m1/s1. The monoisotopic (exact) mass is 517 g/mol. The lowest BCUT2D eigenvalue weighted by atomic mass is 10.0. The fourth-order valence-corrected chi connectivity index (χ4v) is 18.0. The maximum atomic E-state index is 14.1. The summed E-state index contributed by atoms with van der Waals surface area (Å²) in [7, 11) is -5.51. The summed E-state index contributed by atoms with van der Waals surface area (Å²) < 4.78 is 23.3. The molecule has 9 nitrogen and oxygen atoms in total. The molecule has 4 atom stereocenters. The Kier molecular flexibility index (Phi) is 5.84. The van der Waals surface area contributed by atoms with Gasteiger partial charge in [0.25, 0.3) is 0 Å². The molecule has 2 saturated carbocycles. The maximum Gasteiger partial charge on any atom is 0.335 e. The van der Waals surface area contributed by atoms with E-state index in [4.69, 9.17) is 18.7 Å². The van der Waals surface area contributed by atoms with Crippen LogP contribution in [-0.2, 0) is 17.8 Å². The van der Waals surface area contributed by atoms with E-state index in [2.05, 4.69) is 70.3 Å². The number of ketones is 1. The van der Waals surface area contributed by atoms with Crippen molar-refractivity contribution in [3.63, 3.8) is 0 Å². The molecule has 192 valence electrons. The van der Waals surface area contributed by atoms with E-state index in [0.29, 0.717) is 23.6 Å². The molecule has 1 saturated heterocycles. The van der Waals surface area contributed by atoms with Crippen LogP contribution < -0.4 is 5.73 Å². The Morgan fingerprint density at radius 3 is 2.23 bits per heavy atom. The third-order valence-corrected chi connectivity index (χ3v) is 18.9. The maximum absolute atomic E-state index is 14.1. The van der Waals surface area contributed by atoms with Gasteiger partial charge in [-0.05, 0) is 34.5 Å². The third-order valence-electron chi connectivity index (χ3n) is 8.72. The molecule has 0 amide bonds. The van der Waals surface area contributed by atoms with Gasteiger partial charge in [0.2, 0.25) is 0 Å². The molecule has 11 heteroatoms. The molecule has 5 rings (SSSR count). The summed E-state index contributed by atoms with van der Waals surface area (Å²) in [6, 6.07) is -0.402. The normalized spacial score (nSPS) is 31.8. The van der Waals surface area contributed by atoms with Gasteiger partial charge in [-0.1, -0.05) is 55.4 Å². The molecule has 0 bridgehead atoms. The number of rotatable bonds is 5. The van der Waals surface area contributed by atoms with Gasteiger partial charge in [0.15, 0.2) is 17.2 Å². The Morgan fingerprint density at radius 2 is 1.63 bits per heavy atom. The number of carbonyl (C=O) groups excluding carboxylic acids is 1. The zero-order valence-corrected chi connectivity index (χ0v) is 24.1. The van der Waals surface area contributed by atoms with Crippen LogP contribution in [0.15, 0.2) is 12.7 Å². The van der Waals surface area contributed by atoms with Gasteiger partial charge >= 0.3 is 17.1 Å². The van der Waals surface area contributed by atoms with Gasteiger partial charge in [0, 0.05) is 12.0 Å². The molecule has 2 aromatic heterocycles. The molecule has 3 fully saturated rings. The van der Waals surface area contributed by atoms with E-state index in [1.165, 1.54) is 6.33 Å². The van der Waals surface area contributed by atoms with E-state index in [1.807, 2.05) is 4.57 Å². The van der Waals surface area contributed by atoms with Gasteiger partial charge in [0.05, 0.1) is 6.33 Å². The van der Waals surface area contributed by atoms with Crippen LogP contribution in [0, 0.1) is 11.3 Å². The lowest BCUT2D eigenvalue weighted by Gasteiger charge is -2.51. The quantitative estimate of drug-likeness (QED) is 0.577. The zero-order chi connectivity index (χ0) is 25.5. The average molecular weight is 518 g/mol. The topological polar surface area (TPSA) is 114 Å². The van der Waals surface area contributed by atoms with Crippen LogP contribution in [0.3, 0.4) is 0 Å². The largest absolute Gasteiger partial charge is 0.414 e. The first-order valence-electron chi connectivity index (χ1n) is 12.9. The van der Waals surface area contributed by atoms with Crippen molar-refractivity contribution in [1.82, 2.24) is 19.5 Å². The van der Waals surface area contributed by atoms with Crippen molar-refractivity contribution in [2.75, 3.05) is 12.3 Å². The molecule has 0 aromatic carbocycles. The SMILES string of the molecule is CC(C)[Si]1(C(C)C)OC[C@@]23CC2[C@@H](n2cnc4c(N)ncnc42)C(=O)C3O[Si](C(C)C)(C(C)C)O1. The van der Waals surface area contributed by atoms with Gasteiger partial charge in [0.1, 0.15) is 24.0 Å². The smallest absolute Gasteiger partial charge is 0.335 e. The van der Waals surface area contributed by atoms with Crippen molar-refractivity contribution >= 4 is 39.9 Å². The van der Waals surface area contributed by atoms with Crippen molar-refractivity contribution in [2.45, 2.75) is 96.1 Å². The molecule has 3 aliphatic rings. The minimum absolute atomic E-state index is 0.0753. The van der Waals surface area contributed by atoms with Crippen LogP contribution in [0.25, 0.3) is 11.2 Å². The van der Waals surface area contributed by atoms with E-state index >= 15 is 0 Å². The molecule has 35 heavy (non-hydrogen) atoms. The predicted octanol–water partition coefficient (Wildman–Crippen LogP) is 4.50. The molecule has 2 N–H and O–H groups in total. The molecule has 2 unspecified atom stereocenters. The lowest BCUT2D eigenvalue weighted by Crippen LogP contribution is -2.65. The number of imidazole rings is 1. The van der Waals surface area contributed by atoms with Gasteiger partial charge in [-0.3, -0.25) is 4.79 Å². The first-order chi connectivity index (χ1) is 16.4. The summed E-state index contributed by atoms with van der Waals surface area (Å²) in [4.78, 5) is 27.0. The number of fused-ring (bicyclic) bond motifs is 1. The molecule has 1 spiro atoms. The molecule has 3 heterocycles. The van der Waals surface area contributed by atoms with E-state index in [9.17, 15) is 4.79 Å². The van der Waals surface area contributed by atoms with Gasteiger partial charge in [-0.2, -0.15) is 0 Å². The molecule has 2 aliphatic carbocycles. The number of hydrogen-bond donors (Lipinski definition) is 1. The van der Waals surface area contributed by atoms with Crippen molar-refractivity contribution in [3.05, 3.63) is 12.7 Å². The van der Waals surface area contributed by atoms with E-state index in [-0.39, 0.29) is 39.3 Å². The summed E-state index contributed by atoms with van der Waals surface area (Å²) in [5, 5.41) is 0. The first kappa shape index (κ1) is 25.0. The van der Waals surface area contributed by atoms with Crippen LogP contribution in [0.4, 0.5) is 5.82 Å². The minimum Gasteiger partial charge on any atom is -0.414 e. The number of nitrogens with zero attached hydrogens (tertiary/aromatic N) is 4. The van der Waals surface area contributed by atoms with Crippen LogP contribution in [-0.4, -0.2) is 55.1 Å². The van der Waals surface area contributed by atoms with Gasteiger partial charge in [-0.15, -0.1) is 0 Å². The fraction of sp³-hybridized carbons (Fsp3) is 0.750. The van der Waals surface area contributed by atoms with E-state index in [1.54, 1.807) is 6.33 Å². The van der Waals surface area contributed by atoms with Gasteiger partial charge < -0.3 is 23.3 Å². The number of nitrogens with two attached hydrogens (primary N) is 1. The summed E-state index contributed by atoms with van der Waals surface area (Å²) >= 11 is 0. The molecule has 1 aliphatic heterocycles. The highest BCUT2D eigenvalue weighted by Crippen LogP contribution is 2.69. The molecule has 0 radical (unpaired) electrons. The number of anilines is 1. The summed E-state index contributed by atoms with van der Waals surface area (Å²) in [5.74, 6) is 0.509. The van der Waals surface area contributed by atoms with Crippen molar-refractivity contribution in [3.8, 4) is 0 Å². The Labute approximate surface area is 209 Å². The summed E-state index contributed by atoms with van der Waals surface area (Å²) in [6.45, 7) is 18.1. The highest BCUT2D eigenvalue weighted by atomic mass is 28.5. The average Bonchev–Trinajstić information content (AvgIpc) is 3.24. The molecular formula is C24H39N5O4Si2. The number of aromatic nitrogens is 4. The van der Waals surface area contributed by atoms with Crippen LogP contribution in [0.5, 0.6) is 0 Å². The highest BCUT2D eigenvalue weighted by molar-refractivity contribution is 6.84. The zero-order valence-electron chi connectivity index (χ0n) is 22.1. The number of nitrogen functional groups attached to an aromatic ring is 1. The summed E-state index contributed by atoms with van der Waals surface area (Å²) in [6.07, 6.45) is 3.44. The van der Waals surface area contributed by atoms with Crippen LogP contribution >= 0.6 is 0 Å². The van der Waals surface area contributed by atoms with Gasteiger partial charge in [-0.25, -0.2) is 15.0 Å². The Morgan fingerprint density at radius 1 is 1.00 bits per heavy atom. The van der Waals surface area contributed by atoms with E-state index in [0.717, 1.165) is 6.42 Å². The van der Waals surface area contributed by atoms with Crippen molar-refractivity contribution in [1.29, 1.82) is 0 Å². The number of Topliss-reactive ketones (excluding diaryl/α,β-unsaturated/α-hetero) is 1.